The van der Waals surface area contributed by atoms with Gasteiger partial charge in [0.25, 0.3) is 0 Å². The van der Waals surface area contributed by atoms with Crippen LogP contribution in [0.1, 0.15) is 36.1 Å². The highest BCUT2D eigenvalue weighted by Crippen LogP contribution is 2.42. The van der Waals surface area contributed by atoms with E-state index in [1.807, 2.05) is 30.3 Å². The molecule has 2 atom stereocenters. The summed E-state index contributed by atoms with van der Waals surface area (Å²) in [6, 6.07) is 13.5. The van der Waals surface area contributed by atoms with Crippen LogP contribution in [0.5, 0.6) is 0 Å². The van der Waals surface area contributed by atoms with Gasteiger partial charge in [-0.3, -0.25) is 4.79 Å². The van der Waals surface area contributed by atoms with Crippen molar-refractivity contribution in [2.45, 2.75) is 30.4 Å². The second-order valence-corrected chi connectivity index (χ2v) is 9.54. The summed E-state index contributed by atoms with van der Waals surface area (Å²) in [4.78, 5) is 24.1. The van der Waals surface area contributed by atoms with Gasteiger partial charge < -0.3 is 10.1 Å². The van der Waals surface area contributed by atoms with Gasteiger partial charge in [0.2, 0.25) is 5.91 Å². The molecule has 8 heteroatoms. The van der Waals surface area contributed by atoms with Crippen molar-refractivity contribution in [3.8, 4) is 0 Å². The SMILES string of the molecule is CC(=O)N[C@@H](CS)C(=O)OC1CC(=Cc2ccc(S(C)(=O)=O)cc2)c2ccccc21. The molecule has 0 fully saturated rings. The van der Waals surface area contributed by atoms with Crippen LogP contribution in [0, 0.1) is 0 Å². The van der Waals surface area contributed by atoms with Gasteiger partial charge in [0.05, 0.1) is 4.90 Å². The number of carbonyl (C=O) groups is 2. The Morgan fingerprint density at radius 1 is 1.20 bits per heavy atom. The number of esters is 1. The van der Waals surface area contributed by atoms with Gasteiger partial charge in [0, 0.05) is 30.9 Å². The van der Waals surface area contributed by atoms with Crippen LogP contribution in [-0.4, -0.2) is 38.3 Å². The molecule has 0 aliphatic heterocycles. The van der Waals surface area contributed by atoms with E-state index in [0.717, 1.165) is 22.3 Å². The maximum Gasteiger partial charge on any atom is 0.330 e. The number of rotatable bonds is 6. The monoisotopic (exact) mass is 445 g/mol. The maximum absolute atomic E-state index is 12.5. The van der Waals surface area contributed by atoms with Gasteiger partial charge in [0.15, 0.2) is 9.84 Å². The van der Waals surface area contributed by atoms with E-state index < -0.39 is 28.0 Å². The molecule has 0 bridgehead atoms. The number of hydrogen-bond acceptors (Lipinski definition) is 6. The second-order valence-electron chi connectivity index (χ2n) is 7.16. The van der Waals surface area contributed by atoms with Crippen molar-refractivity contribution in [2.24, 2.45) is 0 Å². The Bertz CT molecular complexity index is 1090. The third-order valence-corrected chi connectivity index (χ3v) is 6.30. The molecule has 158 valence electrons. The molecule has 3 rings (SSSR count). The Morgan fingerprint density at radius 2 is 1.87 bits per heavy atom. The molecule has 1 amide bonds. The quantitative estimate of drug-likeness (QED) is 0.527. The summed E-state index contributed by atoms with van der Waals surface area (Å²) in [7, 11) is -3.25. The van der Waals surface area contributed by atoms with Crippen LogP contribution in [0.4, 0.5) is 0 Å². The van der Waals surface area contributed by atoms with Crippen LogP contribution in [-0.2, 0) is 24.2 Å². The van der Waals surface area contributed by atoms with Crippen molar-refractivity contribution >= 4 is 46.0 Å². The zero-order valence-corrected chi connectivity index (χ0v) is 18.4. The number of fused-ring (bicyclic) bond motifs is 1. The third-order valence-electron chi connectivity index (χ3n) is 4.81. The van der Waals surface area contributed by atoms with Crippen molar-refractivity contribution in [2.75, 3.05) is 12.0 Å². The molecular weight excluding hydrogens is 422 g/mol. The van der Waals surface area contributed by atoms with E-state index >= 15 is 0 Å². The average Bonchev–Trinajstić information content (AvgIpc) is 3.03. The highest BCUT2D eigenvalue weighted by atomic mass is 32.2. The maximum atomic E-state index is 12.5. The van der Waals surface area contributed by atoms with E-state index in [1.54, 1.807) is 24.3 Å². The number of thiol groups is 1. The van der Waals surface area contributed by atoms with Gasteiger partial charge in [-0.2, -0.15) is 12.6 Å². The first kappa shape index (κ1) is 22.1. The highest BCUT2D eigenvalue weighted by Gasteiger charge is 2.31. The van der Waals surface area contributed by atoms with E-state index in [2.05, 4.69) is 17.9 Å². The Balaban J connectivity index is 1.84. The molecular formula is C22H23NO5S2. The van der Waals surface area contributed by atoms with Gasteiger partial charge in [-0.15, -0.1) is 0 Å². The average molecular weight is 446 g/mol. The molecule has 6 nitrogen and oxygen atoms in total. The van der Waals surface area contributed by atoms with Crippen molar-refractivity contribution < 1.29 is 22.7 Å². The van der Waals surface area contributed by atoms with Crippen LogP contribution >= 0.6 is 12.6 Å². The Labute approximate surface area is 181 Å². The fourth-order valence-electron chi connectivity index (χ4n) is 3.39. The van der Waals surface area contributed by atoms with Crippen LogP contribution in [0.25, 0.3) is 11.6 Å². The third kappa shape index (κ3) is 5.12. The molecule has 2 aromatic rings. The van der Waals surface area contributed by atoms with Crippen LogP contribution < -0.4 is 5.32 Å². The van der Waals surface area contributed by atoms with Crippen molar-refractivity contribution in [3.05, 3.63) is 65.2 Å². The lowest BCUT2D eigenvalue weighted by Crippen LogP contribution is -2.42. The minimum atomic E-state index is -3.25. The Morgan fingerprint density at radius 3 is 2.47 bits per heavy atom. The molecule has 0 saturated heterocycles. The predicted molar refractivity (Wildman–Crippen MR) is 119 cm³/mol. The predicted octanol–water partition coefficient (Wildman–Crippen LogP) is 3.05. The molecule has 0 aromatic heterocycles. The summed E-state index contributed by atoms with van der Waals surface area (Å²) in [5.41, 5.74) is 3.71. The molecule has 1 N–H and O–H groups in total. The van der Waals surface area contributed by atoms with Crippen molar-refractivity contribution in [1.82, 2.24) is 5.32 Å². The number of carbonyl (C=O) groups excluding carboxylic acids is 2. The Hall–Kier alpha value is -2.58. The zero-order valence-electron chi connectivity index (χ0n) is 16.7. The number of ether oxygens (including phenoxy) is 1. The molecule has 30 heavy (non-hydrogen) atoms. The highest BCUT2D eigenvalue weighted by molar-refractivity contribution is 7.90. The minimum Gasteiger partial charge on any atom is -0.456 e. The topological polar surface area (TPSA) is 89.5 Å². The van der Waals surface area contributed by atoms with E-state index in [0.29, 0.717) is 6.42 Å². The van der Waals surface area contributed by atoms with E-state index in [-0.39, 0.29) is 16.6 Å². The fourth-order valence-corrected chi connectivity index (χ4v) is 4.26. The first-order chi connectivity index (χ1) is 14.2. The standard InChI is InChI=1S/C22H23NO5S2/c1-14(24)23-20(13-29)22(25)28-21-12-16(18-5-3-4-6-19(18)21)11-15-7-9-17(10-8-15)30(2,26)27/h3-11,20-21,29H,12-13H2,1-2H3,(H,23,24)/t20-,21?/m0/s1. The van der Waals surface area contributed by atoms with Gasteiger partial charge in [-0.1, -0.05) is 42.5 Å². The summed E-state index contributed by atoms with van der Waals surface area (Å²) in [6.45, 7) is 1.34. The summed E-state index contributed by atoms with van der Waals surface area (Å²) in [5, 5.41) is 2.54. The van der Waals surface area contributed by atoms with Crippen molar-refractivity contribution in [3.63, 3.8) is 0 Å². The van der Waals surface area contributed by atoms with E-state index in [9.17, 15) is 18.0 Å². The molecule has 2 aromatic carbocycles. The first-order valence-electron chi connectivity index (χ1n) is 9.37. The molecule has 1 aliphatic rings. The van der Waals surface area contributed by atoms with E-state index in [4.69, 9.17) is 4.74 Å². The van der Waals surface area contributed by atoms with Gasteiger partial charge in [-0.25, -0.2) is 13.2 Å². The Kier molecular flexibility index (Phi) is 6.67. The summed E-state index contributed by atoms with van der Waals surface area (Å²) in [6.07, 6.45) is 3.15. The van der Waals surface area contributed by atoms with Gasteiger partial charge in [0.1, 0.15) is 12.1 Å². The molecule has 0 saturated carbocycles. The molecule has 0 heterocycles. The van der Waals surface area contributed by atoms with Crippen LogP contribution in [0.3, 0.4) is 0 Å². The number of sulfone groups is 1. The van der Waals surface area contributed by atoms with Gasteiger partial charge in [-0.05, 0) is 28.8 Å². The number of nitrogens with one attached hydrogen (secondary N) is 1. The smallest absolute Gasteiger partial charge is 0.330 e. The lowest BCUT2D eigenvalue weighted by molar-refractivity contribution is -0.152. The normalized spacial score (nSPS) is 18.0. The lowest BCUT2D eigenvalue weighted by Gasteiger charge is -2.18. The first-order valence-corrected chi connectivity index (χ1v) is 11.9. The molecule has 0 spiro atoms. The van der Waals surface area contributed by atoms with Crippen LogP contribution in [0.15, 0.2) is 53.4 Å². The van der Waals surface area contributed by atoms with Gasteiger partial charge >= 0.3 is 5.97 Å². The molecule has 0 radical (unpaired) electrons. The fraction of sp³-hybridized carbons (Fsp3) is 0.273. The van der Waals surface area contributed by atoms with Crippen LogP contribution in [0.2, 0.25) is 0 Å². The molecule has 1 unspecified atom stereocenters. The number of benzene rings is 2. The summed E-state index contributed by atoms with van der Waals surface area (Å²) >= 11 is 4.12. The largest absolute Gasteiger partial charge is 0.456 e. The minimum absolute atomic E-state index is 0.141. The lowest BCUT2D eigenvalue weighted by atomic mass is 10.0. The van der Waals surface area contributed by atoms with Crippen molar-refractivity contribution in [1.29, 1.82) is 0 Å². The summed E-state index contributed by atoms with van der Waals surface area (Å²) in [5.74, 6) is -0.711. The number of amides is 1. The van der Waals surface area contributed by atoms with E-state index in [1.165, 1.54) is 13.2 Å². The second kappa shape index (κ2) is 9.06. The zero-order chi connectivity index (χ0) is 21.9. The number of hydrogen-bond donors (Lipinski definition) is 2. The molecule has 1 aliphatic carbocycles. The summed E-state index contributed by atoms with van der Waals surface area (Å²) < 4.78 is 29.0.